The highest BCUT2D eigenvalue weighted by Crippen LogP contribution is 2.33. The van der Waals surface area contributed by atoms with Gasteiger partial charge in [-0.3, -0.25) is 15.0 Å². The highest BCUT2D eigenvalue weighted by atomic mass is 32.2. The van der Waals surface area contributed by atoms with Crippen molar-refractivity contribution >= 4 is 21.8 Å². The number of hydrogen-bond donors (Lipinski definition) is 3. The number of aliphatic hydroxyl groups excluding tert-OH is 1. The van der Waals surface area contributed by atoms with Crippen molar-refractivity contribution in [3.05, 3.63) is 54.1 Å². The van der Waals surface area contributed by atoms with Gasteiger partial charge in [0.15, 0.2) is 11.5 Å². The quantitative estimate of drug-likeness (QED) is 0.267. The molecule has 0 radical (unpaired) electrons. The maximum atomic E-state index is 14.1. The van der Waals surface area contributed by atoms with Crippen LogP contribution in [-0.4, -0.2) is 85.7 Å². The van der Waals surface area contributed by atoms with Crippen LogP contribution in [0.3, 0.4) is 0 Å². The third-order valence-corrected chi connectivity index (χ3v) is 10.1. The molecule has 11 nitrogen and oxygen atoms in total. The van der Waals surface area contributed by atoms with E-state index in [0.29, 0.717) is 37.7 Å². The molecule has 2 aliphatic heterocycles. The summed E-state index contributed by atoms with van der Waals surface area (Å²) < 4.78 is 40.6. The van der Waals surface area contributed by atoms with Gasteiger partial charge in [-0.1, -0.05) is 64.4 Å². The number of benzene rings is 2. The number of carbonyl (C=O) groups is 2. The van der Waals surface area contributed by atoms with Crippen LogP contribution in [0.25, 0.3) is 0 Å². The lowest BCUT2D eigenvalue weighted by atomic mass is 9.98. The van der Waals surface area contributed by atoms with Crippen LogP contribution in [0.2, 0.25) is 0 Å². The fourth-order valence-corrected chi connectivity index (χ4v) is 7.21. The van der Waals surface area contributed by atoms with Gasteiger partial charge in [-0.2, -0.15) is 4.31 Å². The SMILES string of the molecule is CC[C@H](C)CC(=O)N(NC(=O)C1CCCN1)C(Cc1ccccc1)[C@H](O)CN(CC(C)C)S(=O)(=O)c1ccc2c(c1)OCCO2. The van der Waals surface area contributed by atoms with Crippen molar-refractivity contribution in [2.75, 3.05) is 32.8 Å². The number of rotatable bonds is 14. The average molecular weight is 645 g/mol. The Morgan fingerprint density at radius 1 is 1.04 bits per heavy atom. The number of carbonyl (C=O) groups excluding carboxylic acids is 2. The predicted octanol–water partition coefficient (Wildman–Crippen LogP) is 3.12. The van der Waals surface area contributed by atoms with E-state index in [9.17, 15) is 23.1 Å². The highest BCUT2D eigenvalue weighted by Gasteiger charge is 2.37. The molecule has 1 fully saturated rings. The predicted molar refractivity (Wildman–Crippen MR) is 171 cm³/mol. The van der Waals surface area contributed by atoms with E-state index in [2.05, 4.69) is 10.7 Å². The fraction of sp³-hybridized carbons (Fsp3) is 0.576. The third kappa shape index (κ3) is 9.18. The second kappa shape index (κ2) is 15.9. The summed E-state index contributed by atoms with van der Waals surface area (Å²) in [5, 5.41) is 16.4. The molecule has 0 aromatic heterocycles. The highest BCUT2D eigenvalue weighted by molar-refractivity contribution is 7.89. The van der Waals surface area contributed by atoms with Crippen LogP contribution < -0.4 is 20.2 Å². The van der Waals surface area contributed by atoms with Gasteiger partial charge in [0, 0.05) is 25.6 Å². The van der Waals surface area contributed by atoms with E-state index in [4.69, 9.17) is 9.47 Å². The second-order valence-electron chi connectivity index (χ2n) is 12.5. The Kier molecular flexibility index (Phi) is 12.2. The van der Waals surface area contributed by atoms with E-state index in [1.54, 1.807) is 6.07 Å². The first-order valence-corrected chi connectivity index (χ1v) is 17.4. The molecule has 2 aromatic carbocycles. The summed E-state index contributed by atoms with van der Waals surface area (Å²) in [7, 11) is -4.10. The molecule has 2 heterocycles. The van der Waals surface area contributed by atoms with Gasteiger partial charge < -0.3 is 19.9 Å². The first-order valence-electron chi connectivity index (χ1n) is 16.0. The lowest BCUT2D eigenvalue weighted by Gasteiger charge is -2.38. The van der Waals surface area contributed by atoms with E-state index < -0.39 is 28.2 Å². The molecule has 2 unspecified atom stereocenters. The minimum atomic E-state index is -4.10. The van der Waals surface area contributed by atoms with Crippen LogP contribution in [0.4, 0.5) is 0 Å². The van der Waals surface area contributed by atoms with Gasteiger partial charge in [0.25, 0.3) is 5.91 Å². The first-order chi connectivity index (χ1) is 21.5. The minimum absolute atomic E-state index is 0.0181. The summed E-state index contributed by atoms with van der Waals surface area (Å²) in [4.78, 5) is 27.2. The molecular weight excluding hydrogens is 596 g/mol. The van der Waals surface area contributed by atoms with Crippen molar-refractivity contribution in [3.8, 4) is 11.5 Å². The van der Waals surface area contributed by atoms with E-state index in [0.717, 1.165) is 18.4 Å². The lowest BCUT2D eigenvalue weighted by Crippen LogP contribution is -2.61. The zero-order valence-corrected chi connectivity index (χ0v) is 27.6. The van der Waals surface area contributed by atoms with Crippen molar-refractivity contribution in [2.24, 2.45) is 11.8 Å². The minimum Gasteiger partial charge on any atom is -0.486 e. The summed E-state index contributed by atoms with van der Waals surface area (Å²) in [6, 6.07) is 12.5. The van der Waals surface area contributed by atoms with Gasteiger partial charge in [-0.25, -0.2) is 13.4 Å². The van der Waals surface area contributed by atoms with Crippen molar-refractivity contribution in [1.29, 1.82) is 0 Å². The van der Waals surface area contributed by atoms with Gasteiger partial charge in [0.2, 0.25) is 15.9 Å². The zero-order chi connectivity index (χ0) is 32.6. The molecule has 3 N–H and O–H groups in total. The number of nitrogens with zero attached hydrogens (tertiary/aromatic N) is 2. The van der Waals surface area contributed by atoms with Crippen LogP contribution in [0, 0.1) is 11.8 Å². The average Bonchev–Trinajstić information content (AvgIpc) is 3.57. The van der Waals surface area contributed by atoms with Crippen LogP contribution in [0.1, 0.15) is 58.9 Å². The number of sulfonamides is 1. The summed E-state index contributed by atoms with van der Waals surface area (Å²) in [5.41, 5.74) is 3.67. The third-order valence-electron chi connectivity index (χ3n) is 8.27. The summed E-state index contributed by atoms with van der Waals surface area (Å²) in [6.07, 6.45) is 1.27. The Balaban J connectivity index is 1.69. The van der Waals surface area contributed by atoms with Gasteiger partial charge in [-0.15, -0.1) is 0 Å². The molecule has 2 amide bonds. The normalized spacial score (nSPS) is 18.4. The molecule has 45 heavy (non-hydrogen) atoms. The Morgan fingerprint density at radius 2 is 1.76 bits per heavy atom. The summed E-state index contributed by atoms with van der Waals surface area (Å²) in [5.74, 6) is 0.122. The molecular formula is C33H48N4O7S. The number of fused-ring (bicyclic) bond motifs is 1. The van der Waals surface area contributed by atoms with Crippen molar-refractivity contribution in [3.63, 3.8) is 0 Å². The maximum Gasteiger partial charge on any atom is 0.255 e. The Labute approximate surface area is 267 Å². The molecule has 4 atom stereocenters. The van der Waals surface area contributed by atoms with Crippen LogP contribution in [0.5, 0.6) is 11.5 Å². The van der Waals surface area contributed by atoms with E-state index >= 15 is 0 Å². The number of aliphatic hydroxyl groups is 1. The van der Waals surface area contributed by atoms with E-state index in [1.165, 1.54) is 21.4 Å². The Morgan fingerprint density at radius 3 is 2.40 bits per heavy atom. The van der Waals surface area contributed by atoms with E-state index in [1.807, 2.05) is 58.0 Å². The van der Waals surface area contributed by atoms with Gasteiger partial charge in [-0.05, 0) is 55.3 Å². The standard InChI is InChI=1S/C33H48N4O7S/c1-5-24(4)18-32(39)37(35-33(40)27-12-9-15-34-27)28(19-25-10-7-6-8-11-25)29(38)22-36(21-23(2)3)45(41,42)26-13-14-30-31(20-26)44-17-16-43-30/h6-8,10-11,13-14,20,23-24,27-29,34,38H,5,9,12,15-19,21-22H2,1-4H3,(H,35,40)/t24-,27?,28?,29+/m0/s1. The number of amides is 2. The largest absolute Gasteiger partial charge is 0.486 e. The second-order valence-corrected chi connectivity index (χ2v) is 14.4. The lowest BCUT2D eigenvalue weighted by molar-refractivity contribution is -0.149. The number of hydrazine groups is 1. The van der Waals surface area contributed by atoms with Gasteiger partial charge >= 0.3 is 0 Å². The first kappa shape index (κ1) is 34.7. The molecule has 0 spiro atoms. The Bertz CT molecular complexity index is 1380. The van der Waals surface area contributed by atoms with Crippen molar-refractivity contribution < 1.29 is 32.6 Å². The molecule has 0 aliphatic carbocycles. The summed E-state index contributed by atoms with van der Waals surface area (Å²) >= 11 is 0. The molecule has 2 aliphatic rings. The number of nitrogens with one attached hydrogen (secondary N) is 2. The fourth-order valence-electron chi connectivity index (χ4n) is 5.57. The maximum absolute atomic E-state index is 14.1. The topological polar surface area (TPSA) is 138 Å². The van der Waals surface area contributed by atoms with Crippen LogP contribution >= 0.6 is 0 Å². The molecule has 4 rings (SSSR count). The summed E-state index contributed by atoms with van der Waals surface area (Å²) in [6.45, 7) is 8.99. The van der Waals surface area contributed by atoms with Crippen LogP contribution in [0.15, 0.2) is 53.4 Å². The number of ether oxygens (including phenoxy) is 2. The zero-order valence-electron chi connectivity index (χ0n) is 26.8. The molecule has 12 heteroatoms. The van der Waals surface area contributed by atoms with Crippen molar-refractivity contribution in [1.82, 2.24) is 20.1 Å². The monoisotopic (exact) mass is 644 g/mol. The molecule has 1 saturated heterocycles. The smallest absolute Gasteiger partial charge is 0.255 e. The molecule has 0 bridgehead atoms. The van der Waals surface area contributed by atoms with Crippen LogP contribution in [-0.2, 0) is 26.0 Å². The molecule has 248 valence electrons. The van der Waals surface area contributed by atoms with Gasteiger partial charge in [0.1, 0.15) is 13.2 Å². The molecule has 2 aromatic rings. The van der Waals surface area contributed by atoms with Crippen molar-refractivity contribution in [2.45, 2.75) is 82.9 Å². The molecule has 0 saturated carbocycles. The van der Waals surface area contributed by atoms with E-state index in [-0.39, 0.29) is 54.5 Å². The number of hydrogen-bond acceptors (Lipinski definition) is 8. The Hall–Kier alpha value is -3.19. The van der Waals surface area contributed by atoms with Gasteiger partial charge in [0.05, 0.1) is 23.1 Å².